The van der Waals surface area contributed by atoms with E-state index in [0.717, 1.165) is 38.5 Å². The van der Waals surface area contributed by atoms with Gasteiger partial charge in [0.2, 0.25) is 5.91 Å². The van der Waals surface area contributed by atoms with Crippen molar-refractivity contribution in [2.24, 2.45) is 0 Å². The minimum Gasteiger partial charge on any atom is -0.394 e. The molecule has 17 unspecified atom stereocenters. The second-order valence-electron chi connectivity index (χ2n) is 28.2. The quantitative estimate of drug-likeness (QED) is 0.0199. The van der Waals surface area contributed by atoms with Crippen LogP contribution in [0.4, 0.5) is 0 Å². The van der Waals surface area contributed by atoms with E-state index in [9.17, 15) is 61.0 Å². The molecule has 564 valence electrons. The van der Waals surface area contributed by atoms with E-state index in [1.165, 1.54) is 244 Å². The summed E-state index contributed by atoms with van der Waals surface area (Å²) >= 11 is 0. The Bertz CT molecular complexity index is 1880. The van der Waals surface area contributed by atoms with E-state index in [1.54, 1.807) is 6.08 Å². The minimum atomic E-state index is -1.98. The molecule has 0 saturated carbocycles. The van der Waals surface area contributed by atoms with E-state index in [-0.39, 0.29) is 18.9 Å². The van der Waals surface area contributed by atoms with Crippen LogP contribution < -0.4 is 5.32 Å². The SMILES string of the molecule is CCCCCCCCCC/C=C\CCCCCCCCCCCCCCCCCC(=O)NC(COC1OC(CO)C(OC2OC(CO)C(OC3OC(CO)C(O)C(O)C3O)C(O)C2O)C(O)C1O)C(O)/C=C/CC/C=C/CCCCCCCCCCCCCCCCCCCC. The molecule has 0 spiro atoms. The summed E-state index contributed by atoms with van der Waals surface area (Å²) in [7, 11) is 0. The van der Waals surface area contributed by atoms with E-state index >= 15 is 0 Å². The van der Waals surface area contributed by atoms with Gasteiger partial charge in [-0.25, -0.2) is 0 Å². The van der Waals surface area contributed by atoms with Crippen LogP contribution in [0, 0.1) is 0 Å². The lowest BCUT2D eigenvalue weighted by molar-refractivity contribution is -0.379. The highest BCUT2D eigenvalue weighted by Gasteiger charge is 2.53. The molecule has 1 amide bonds. The summed E-state index contributed by atoms with van der Waals surface area (Å²) in [5.74, 6) is -0.280. The molecule has 0 bridgehead atoms. The first kappa shape index (κ1) is 88.2. The van der Waals surface area contributed by atoms with Crippen molar-refractivity contribution < 1.29 is 89.4 Å². The molecule has 0 aromatic heterocycles. The fraction of sp³-hybridized carbons (Fsp3) is 0.909. The van der Waals surface area contributed by atoms with Gasteiger partial charge in [0.15, 0.2) is 18.9 Å². The van der Waals surface area contributed by atoms with Gasteiger partial charge in [-0.1, -0.05) is 288 Å². The summed E-state index contributed by atoms with van der Waals surface area (Å²) in [5, 5.41) is 121. The number of amides is 1. The zero-order valence-corrected chi connectivity index (χ0v) is 60.1. The number of carbonyl (C=O) groups excluding carboxylic acids is 1. The number of carbonyl (C=O) groups is 1. The molecule has 12 N–H and O–H groups in total. The standard InChI is InChI=1S/C77H143NO18/c1-3-5-7-9-11-13-15-17-19-21-23-25-27-29-30-31-33-35-37-39-41-43-45-47-49-51-53-55-65(83)78-60(61(82)54-52-50-48-46-44-42-40-38-36-34-32-28-26-24-22-20-18-16-14-12-10-8-6-4-2)59-91-75-71(89)68(86)73(63(57-80)93-75)96-77-72(90)69(87)74(64(58-81)94-77)95-76-70(88)67(85)66(84)62(56-79)92-76/h21,23,44,46,52,54,60-64,66-77,79-82,84-90H,3-20,22,24-43,45,47-51,53,55-59H2,1-2H3,(H,78,83)/b23-21-,46-44+,54-52+. The molecule has 0 radical (unpaired) electrons. The van der Waals surface area contributed by atoms with Crippen molar-refractivity contribution in [3.63, 3.8) is 0 Å². The molecule has 96 heavy (non-hydrogen) atoms. The molecular weight excluding hydrogens is 1230 g/mol. The number of hydrogen-bond acceptors (Lipinski definition) is 18. The third-order valence-corrected chi connectivity index (χ3v) is 19.7. The third-order valence-electron chi connectivity index (χ3n) is 19.7. The highest BCUT2D eigenvalue weighted by atomic mass is 16.8. The summed E-state index contributed by atoms with van der Waals surface area (Å²) < 4.78 is 34.4. The van der Waals surface area contributed by atoms with E-state index in [0.29, 0.717) is 12.8 Å². The van der Waals surface area contributed by atoms with Crippen LogP contribution >= 0.6 is 0 Å². The van der Waals surface area contributed by atoms with Gasteiger partial charge in [0.05, 0.1) is 38.6 Å². The Morgan fingerprint density at radius 1 is 0.365 bits per heavy atom. The van der Waals surface area contributed by atoms with Gasteiger partial charge in [0.25, 0.3) is 0 Å². The van der Waals surface area contributed by atoms with Gasteiger partial charge >= 0.3 is 0 Å². The zero-order chi connectivity index (χ0) is 69.6. The number of allylic oxidation sites excluding steroid dienone is 5. The number of nitrogens with one attached hydrogen (secondary N) is 1. The first-order valence-corrected chi connectivity index (χ1v) is 39.2. The summed E-state index contributed by atoms with van der Waals surface area (Å²) in [6.07, 6.45) is 44.2. The number of aliphatic hydroxyl groups excluding tert-OH is 11. The maximum Gasteiger partial charge on any atom is 0.220 e. The molecule has 0 aliphatic carbocycles. The number of ether oxygens (including phenoxy) is 6. The number of aliphatic hydroxyl groups is 11. The van der Waals surface area contributed by atoms with Crippen LogP contribution in [0.25, 0.3) is 0 Å². The predicted molar refractivity (Wildman–Crippen MR) is 379 cm³/mol. The first-order chi connectivity index (χ1) is 46.8. The average molecular weight is 1370 g/mol. The van der Waals surface area contributed by atoms with Gasteiger partial charge in [0, 0.05) is 6.42 Å². The van der Waals surface area contributed by atoms with Crippen LogP contribution in [0.2, 0.25) is 0 Å². The second kappa shape index (κ2) is 58.5. The van der Waals surface area contributed by atoms with Crippen molar-refractivity contribution in [1.29, 1.82) is 0 Å². The summed E-state index contributed by atoms with van der Waals surface area (Å²) in [6.45, 7) is 1.76. The topological polar surface area (TPSA) is 307 Å². The highest BCUT2D eigenvalue weighted by molar-refractivity contribution is 5.76. The molecule has 3 aliphatic rings. The largest absolute Gasteiger partial charge is 0.394 e. The molecule has 19 nitrogen and oxygen atoms in total. The Kier molecular flexibility index (Phi) is 53.8. The van der Waals surface area contributed by atoms with E-state index in [4.69, 9.17) is 28.4 Å². The molecule has 3 rings (SSSR count). The van der Waals surface area contributed by atoms with Crippen molar-refractivity contribution in [2.75, 3.05) is 26.4 Å². The lowest BCUT2D eigenvalue weighted by Gasteiger charge is -2.48. The Balaban J connectivity index is 1.40. The Hall–Kier alpha value is -1.99. The lowest BCUT2D eigenvalue weighted by atomic mass is 9.96. The Morgan fingerprint density at radius 3 is 1.04 bits per heavy atom. The summed E-state index contributed by atoms with van der Waals surface area (Å²) in [5.41, 5.74) is 0. The van der Waals surface area contributed by atoms with Crippen molar-refractivity contribution in [3.8, 4) is 0 Å². The van der Waals surface area contributed by atoms with Crippen LogP contribution in [0.5, 0.6) is 0 Å². The van der Waals surface area contributed by atoms with Gasteiger partial charge in [-0.05, 0) is 57.8 Å². The third kappa shape index (κ3) is 38.9. The number of unbranched alkanes of at least 4 members (excludes halogenated alkanes) is 42. The fourth-order valence-corrected chi connectivity index (χ4v) is 13.3. The molecular formula is C77H143NO18. The van der Waals surface area contributed by atoms with Crippen LogP contribution in [0.3, 0.4) is 0 Å². The predicted octanol–water partition coefficient (Wildman–Crippen LogP) is 12.3. The van der Waals surface area contributed by atoms with Crippen LogP contribution in [0.15, 0.2) is 36.5 Å². The molecule has 3 saturated heterocycles. The number of rotatable bonds is 62. The molecule has 3 heterocycles. The van der Waals surface area contributed by atoms with E-state index in [2.05, 4.69) is 43.5 Å². The van der Waals surface area contributed by atoms with Crippen molar-refractivity contribution >= 4 is 5.91 Å². The second-order valence-corrected chi connectivity index (χ2v) is 28.2. The van der Waals surface area contributed by atoms with E-state index < -0.39 is 124 Å². The van der Waals surface area contributed by atoms with Crippen molar-refractivity contribution in [2.45, 2.75) is 420 Å². The molecule has 0 aromatic rings. The monoisotopic (exact) mass is 1370 g/mol. The molecule has 19 heteroatoms. The molecule has 3 fully saturated rings. The van der Waals surface area contributed by atoms with Gasteiger partial charge < -0.3 is 89.9 Å². The first-order valence-electron chi connectivity index (χ1n) is 39.2. The molecule has 17 atom stereocenters. The fourth-order valence-electron chi connectivity index (χ4n) is 13.3. The molecule has 0 aromatic carbocycles. The lowest BCUT2D eigenvalue weighted by Crippen LogP contribution is -2.66. The van der Waals surface area contributed by atoms with Gasteiger partial charge in [-0.15, -0.1) is 0 Å². The van der Waals surface area contributed by atoms with Crippen molar-refractivity contribution in [3.05, 3.63) is 36.5 Å². The van der Waals surface area contributed by atoms with E-state index in [1.807, 2.05) is 6.08 Å². The summed E-state index contributed by atoms with van der Waals surface area (Å²) in [4.78, 5) is 13.5. The van der Waals surface area contributed by atoms with Crippen molar-refractivity contribution in [1.82, 2.24) is 5.32 Å². The highest BCUT2D eigenvalue weighted by Crippen LogP contribution is 2.33. The minimum absolute atomic E-state index is 0.238. The Morgan fingerprint density at radius 2 is 0.667 bits per heavy atom. The maximum absolute atomic E-state index is 13.5. The summed E-state index contributed by atoms with van der Waals surface area (Å²) in [6, 6.07) is -0.990. The van der Waals surface area contributed by atoms with Crippen LogP contribution in [-0.4, -0.2) is 193 Å². The van der Waals surface area contributed by atoms with Gasteiger partial charge in [-0.2, -0.15) is 0 Å². The van der Waals surface area contributed by atoms with Gasteiger partial charge in [-0.3, -0.25) is 4.79 Å². The zero-order valence-electron chi connectivity index (χ0n) is 60.1. The smallest absolute Gasteiger partial charge is 0.220 e. The average Bonchev–Trinajstić information content (AvgIpc) is 1.09. The van der Waals surface area contributed by atoms with Crippen LogP contribution in [-0.2, 0) is 33.2 Å². The Labute approximate surface area is 581 Å². The van der Waals surface area contributed by atoms with Crippen LogP contribution in [0.1, 0.15) is 316 Å². The van der Waals surface area contributed by atoms with Gasteiger partial charge in [0.1, 0.15) is 73.2 Å². The normalized spacial score (nSPS) is 27.2. The molecule has 3 aliphatic heterocycles. The maximum atomic E-state index is 13.5. The number of hydrogen-bond donors (Lipinski definition) is 12.